The number of piperazine rings is 2. The molecule has 0 aliphatic carbocycles. The van der Waals surface area contributed by atoms with Crippen LogP contribution in [0.3, 0.4) is 0 Å². The Bertz CT molecular complexity index is 607. The summed E-state index contributed by atoms with van der Waals surface area (Å²) in [6.45, 7) is 32.1. The first kappa shape index (κ1) is 35.7. The summed E-state index contributed by atoms with van der Waals surface area (Å²) in [5.41, 5.74) is 18.4. The van der Waals surface area contributed by atoms with Gasteiger partial charge in [-0.25, -0.2) is 0 Å². The van der Waals surface area contributed by atoms with E-state index >= 15 is 0 Å². The Morgan fingerprint density at radius 2 is 1.11 bits per heavy atom. The third-order valence-electron chi connectivity index (χ3n) is 8.53. The summed E-state index contributed by atoms with van der Waals surface area (Å²) in [6.07, 6.45) is 7.16. The highest BCUT2D eigenvalue weighted by Gasteiger charge is 2.35. The minimum atomic E-state index is 0.255. The normalized spacial score (nSPS) is 24.3. The lowest BCUT2D eigenvalue weighted by Crippen LogP contribution is -2.61. The quantitative estimate of drug-likeness (QED) is 0.309. The summed E-state index contributed by atoms with van der Waals surface area (Å²) in [4.78, 5) is 10.4. The van der Waals surface area contributed by atoms with Crippen LogP contribution in [0.1, 0.15) is 101 Å². The molecular weight excluding hydrogens is 470 g/mol. The van der Waals surface area contributed by atoms with Gasteiger partial charge in [-0.05, 0) is 79.7 Å². The van der Waals surface area contributed by atoms with E-state index in [9.17, 15) is 0 Å². The fourth-order valence-corrected chi connectivity index (χ4v) is 6.18. The Morgan fingerprint density at radius 3 is 1.63 bits per heavy atom. The Kier molecular flexibility index (Phi) is 16.5. The molecule has 0 aromatic rings. The van der Waals surface area contributed by atoms with Gasteiger partial charge in [-0.15, -0.1) is 0 Å². The van der Waals surface area contributed by atoms with Crippen LogP contribution in [0.2, 0.25) is 0 Å². The van der Waals surface area contributed by atoms with Gasteiger partial charge in [0.15, 0.2) is 0 Å². The number of hydrogen-bond acceptors (Lipinski definition) is 7. The van der Waals surface area contributed by atoms with Gasteiger partial charge < -0.3 is 22.1 Å². The van der Waals surface area contributed by atoms with Gasteiger partial charge in [0.1, 0.15) is 0 Å². The highest BCUT2D eigenvalue weighted by Crippen LogP contribution is 2.24. The second-order valence-electron chi connectivity index (χ2n) is 14.0. The van der Waals surface area contributed by atoms with E-state index in [2.05, 4.69) is 81.9 Å². The molecule has 228 valence electrons. The van der Waals surface area contributed by atoms with Crippen LogP contribution in [-0.2, 0) is 0 Å². The molecule has 0 saturated carbocycles. The third-order valence-corrected chi connectivity index (χ3v) is 8.53. The van der Waals surface area contributed by atoms with Crippen molar-refractivity contribution in [3.05, 3.63) is 0 Å². The molecule has 0 aromatic carbocycles. The topological polar surface area (TPSA) is 91.0 Å². The molecule has 0 amide bonds. The highest BCUT2D eigenvalue weighted by molar-refractivity contribution is 4.92. The maximum atomic E-state index is 6.20. The van der Waals surface area contributed by atoms with Crippen molar-refractivity contribution in [3.8, 4) is 0 Å². The molecule has 7 nitrogen and oxygen atoms in total. The lowest BCUT2D eigenvalue weighted by atomic mass is 9.95. The summed E-state index contributed by atoms with van der Waals surface area (Å²) in [6, 6.07) is 0.961. The molecule has 0 bridgehead atoms. The lowest BCUT2D eigenvalue weighted by Gasteiger charge is -2.48. The van der Waals surface area contributed by atoms with E-state index in [0.717, 1.165) is 71.0 Å². The van der Waals surface area contributed by atoms with Gasteiger partial charge in [0, 0.05) is 88.1 Å². The molecule has 2 heterocycles. The second kappa shape index (κ2) is 17.5. The van der Waals surface area contributed by atoms with Crippen molar-refractivity contribution in [1.29, 1.82) is 0 Å². The van der Waals surface area contributed by atoms with E-state index < -0.39 is 0 Å². The van der Waals surface area contributed by atoms with Crippen LogP contribution < -0.4 is 17.2 Å². The average molecular weight is 540 g/mol. The zero-order valence-electron chi connectivity index (χ0n) is 27.1. The summed E-state index contributed by atoms with van der Waals surface area (Å²) in [5, 5.41) is 0. The second-order valence-corrected chi connectivity index (χ2v) is 14.0. The molecule has 6 N–H and O–H groups in total. The summed E-state index contributed by atoms with van der Waals surface area (Å²) < 4.78 is 0. The van der Waals surface area contributed by atoms with E-state index in [1.165, 1.54) is 38.9 Å². The van der Waals surface area contributed by atoms with Crippen molar-refractivity contribution in [2.75, 3.05) is 65.4 Å². The van der Waals surface area contributed by atoms with E-state index in [-0.39, 0.29) is 11.1 Å². The van der Waals surface area contributed by atoms with E-state index in [0.29, 0.717) is 18.1 Å². The minimum absolute atomic E-state index is 0.255. The molecule has 7 heteroatoms. The summed E-state index contributed by atoms with van der Waals surface area (Å²) in [5.74, 6) is 0.813. The SMILES string of the molecule is CC(N)CCN1CCN(CCC(C)N)C(C)(C)C1.CCCC(C)CN1CCN(CC(N)CCC)CC1(C)C. The monoisotopic (exact) mass is 540 g/mol. The molecule has 38 heavy (non-hydrogen) atoms. The Balaban J connectivity index is 0.000000382. The molecule has 4 unspecified atom stereocenters. The lowest BCUT2D eigenvalue weighted by molar-refractivity contribution is 0.00762. The van der Waals surface area contributed by atoms with E-state index in [1.807, 2.05) is 0 Å². The first-order chi connectivity index (χ1) is 17.7. The van der Waals surface area contributed by atoms with Crippen molar-refractivity contribution < 1.29 is 0 Å². The summed E-state index contributed by atoms with van der Waals surface area (Å²) in [7, 11) is 0. The van der Waals surface area contributed by atoms with Crippen LogP contribution in [0.25, 0.3) is 0 Å². The molecule has 4 atom stereocenters. The molecule has 2 fully saturated rings. The first-order valence-electron chi connectivity index (χ1n) is 15.9. The maximum Gasteiger partial charge on any atom is 0.0280 e. The number of hydrogen-bond donors (Lipinski definition) is 3. The fraction of sp³-hybridized carbons (Fsp3) is 1.00. The Hall–Kier alpha value is -0.280. The van der Waals surface area contributed by atoms with Crippen LogP contribution in [-0.4, -0.2) is 114 Å². The van der Waals surface area contributed by atoms with Gasteiger partial charge in [-0.2, -0.15) is 0 Å². The highest BCUT2D eigenvalue weighted by atomic mass is 15.3. The largest absolute Gasteiger partial charge is 0.328 e. The van der Waals surface area contributed by atoms with Crippen LogP contribution >= 0.6 is 0 Å². The molecule has 2 saturated heterocycles. The van der Waals surface area contributed by atoms with Crippen molar-refractivity contribution in [1.82, 2.24) is 19.6 Å². The maximum absolute atomic E-state index is 6.20. The molecule has 0 spiro atoms. The molecule has 0 radical (unpaired) electrons. The van der Waals surface area contributed by atoms with Gasteiger partial charge in [0.25, 0.3) is 0 Å². The Labute approximate surface area is 238 Å². The van der Waals surface area contributed by atoms with Crippen LogP contribution in [0.5, 0.6) is 0 Å². The van der Waals surface area contributed by atoms with Gasteiger partial charge in [-0.3, -0.25) is 14.7 Å². The minimum Gasteiger partial charge on any atom is -0.328 e. The first-order valence-corrected chi connectivity index (χ1v) is 15.9. The smallest absolute Gasteiger partial charge is 0.0280 e. The number of nitrogens with zero attached hydrogens (tertiary/aromatic N) is 4. The predicted molar refractivity (Wildman–Crippen MR) is 168 cm³/mol. The van der Waals surface area contributed by atoms with Gasteiger partial charge >= 0.3 is 0 Å². The number of nitrogens with two attached hydrogens (primary N) is 3. The standard InChI is InChI=1S/C17H37N3.C14H32N4/c1-6-8-15(3)12-20-11-10-19(14-17(20,4)5)13-16(18)9-7-2;1-12(15)5-7-17-9-10-18(8-6-13(2)16)14(3,4)11-17/h15-16H,6-14,18H2,1-5H3;12-13H,5-11,15-16H2,1-4H3. The average Bonchev–Trinajstić information content (AvgIpc) is 2.78. The van der Waals surface area contributed by atoms with Crippen molar-refractivity contribution in [2.24, 2.45) is 23.1 Å². The van der Waals surface area contributed by atoms with E-state index in [4.69, 9.17) is 17.2 Å². The van der Waals surface area contributed by atoms with Crippen molar-refractivity contribution in [3.63, 3.8) is 0 Å². The molecular formula is C31H69N7. The predicted octanol–water partition coefficient (Wildman–Crippen LogP) is 3.80. The van der Waals surface area contributed by atoms with E-state index in [1.54, 1.807) is 0 Å². The zero-order valence-corrected chi connectivity index (χ0v) is 27.1. The number of rotatable bonds is 14. The van der Waals surface area contributed by atoms with Crippen molar-refractivity contribution in [2.45, 2.75) is 130 Å². The van der Waals surface area contributed by atoms with Crippen LogP contribution in [0.15, 0.2) is 0 Å². The van der Waals surface area contributed by atoms with Crippen molar-refractivity contribution >= 4 is 0 Å². The molecule has 2 rings (SSSR count). The van der Waals surface area contributed by atoms with Gasteiger partial charge in [0.05, 0.1) is 0 Å². The van der Waals surface area contributed by atoms with Gasteiger partial charge in [0.2, 0.25) is 0 Å². The molecule has 2 aliphatic heterocycles. The van der Waals surface area contributed by atoms with Crippen LogP contribution in [0.4, 0.5) is 0 Å². The third kappa shape index (κ3) is 13.9. The fourth-order valence-electron chi connectivity index (χ4n) is 6.18. The zero-order chi connectivity index (χ0) is 28.9. The van der Waals surface area contributed by atoms with Gasteiger partial charge in [-0.1, -0.05) is 33.6 Å². The van der Waals surface area contributed by atoms with Crippen LogP contribution in [0, 0.1) is 5.92 Å². The molecule has 0 aromatic heterocycles. The molecule has 2 aliphatic rings. The summed E-state index contributed by atoms with van der Waals surface area (Å²) >= 11 is 0. The Morgan fingerprint density at radius 1 is 0.605 bits per heavy atom.